The number of aromatic nitrogens is 5. The topological polar surface area (TPSA) is 105 Å². The Hall–Kier alpha value is -4.86. The number of hydrogen-bond donors (Lipinski definition) is 1. The van der Waals surface area contributed by atoms with Crippen LogP contribution in [0.5, 0.6) is 23.1 Å². The second-order valence-corrected chi connectivity index (χ2v) is 8.18. The average molecular weight is 513 g/mol. The Balaban J connectivity index is 1.62. The number of nitrogens with one attached hydrogen (secondary N) is 1. The van der Waals surface area contributed by atoms with Gasteiger partial charge in [0.2, 0.25) is 5.88 Å². The molecule has 0 aliphatic carbocycles. The molecule has 5 aromatic rings. The summed E-state index contributed by atoms with van der Waals surface area (Å²) in [4.78, 5) is 19.0. The van der Waals surface area contributed by atoms with E-state index < -0.39 is 0 Å². The highest BCUT2D eigenvalue weighted by Gasteiger charge is 2.23. The first kappa shape index (κ1) is 24.8. The number of fused-ring (bicyclic) bond motifs is 1. The fraction of sp³-hybridized carbons (Fsp3) is 0.214. The lowest BCUT2D eigenvalue weighted by Crippen LogP contribution is -2.06. The molecule has 10 heteroatoms. The van der Waals surface area contributed by atoms with Crippen LogP contribution in [0.1, 0.15) is 12.5 Å². The van der Waals surface area contributed by atoms with Gasteiger partial charge in [-0.2, -0.15) is 0 Å². The summed E-state index contributed by atoms with van der Waals surface area (Å²) in [7, 11) is 4.87. The fourth-order valence-electron chi connectivity index (χ4n) is 4.08. The number of imidazole rings is 1. The van der Waals surface area contributed by atoms with Crippen LogP contribution in [0.2, 0.25) is 0 Å². The number of pyridine rings is 1. The first-order valence-corrected chi connectivity index (χ1v) is 12.1. The SMILES string of the molecule is CCOc1cccc(-c2nc3nc(NCc4ccc(OC)cc4)cnc3n2-c2c(OC)cccc2OC)n1. The monoisotopic (exact) mass is 512 g/mol. The maximum absolute atomic E-state index is 5.70. The zero-order valence-corrected chi connectivity index (χ0v) is 21.6. The van der Waals surface area contributed by atoms with Gasteiger partial charge in [-0.25, -0.2) is 19.9 Å². The highest BCUT2D eigenvalue weighted by atomic mass is 16.5. The molecule has 0 bridgehead atoms. The number of methoxy groups -OCH3 is 3. The van der Waals surface area contributed by atoms with Crippen LogP contribution in [0.4, 0.5) is 5.82 Å². The number of rotatable bonds is 10. The molecular formula is C28H28N6O4. The van der Waals surface area contributed by atoms with E-state index in [2.05, 4.69) is 10.3 Å². The zero-order chi connectivity index (χ0) is 26.5. The molecule has 0 radical (unpaired) electrons. The molecule has 0 saturated heterocycles. The van der Waals surface area contributed by atoms with Crippen molar-refractivity contribution in [1.82, 2.24) is 24.5 Å². The molecule has 1 N–H and O–H groups in total. The van der Waals surface area contributed by atoms with Gasteiger partial charge in [0.15, 0.2) is 17.1 Å². The molecule has 3 aromatic heterocycles. The predicted octanol–water partition coefficient (Wildman–Crippen LogP) is 4.91. The van der Waals surface area contributed by atoms with Gasteiger partial charge < -0.3 is 24.3 Å². The highest BCUT2D eigenvalue weighted by Crippen LogP contribution is 2.37. The smallest absolute Gasteiger partial charge is 0.213 e. The van der Waals surface area contributed by atoms with E-state index in [0.717, 1.165) is 11.3 Å². The van der Waals surface area contributed by atoms with Crippen molar-refractivity contribution < 1.29 is 18.9 Å². The Bertz CT molecular complexity index is 1530. The lowest BCUT2D eigenvalue weighted by Gasteiger charge is -2.16. The van der Waals surface area contributed by atoms with Gasteiger partial charge in [-0.15, -0.1) is 0 Å². The zero-order valence-electron chi connectivity index (χ0n) is 21.6. The third-order valence-corrected chi connectivity index (χ3v) is 5.87. The van der Waals surface area contributed by atoms with Gasteiger partial charge in [0.1, 0.15) is 34.4 Å². The van der Waals surface area contributed by atoms with Crippen LogP contribution in [-0.2, 0) is 6.54 Å². The van der Waals surface area contributed by atoms with Crippen molar-refractivity contribution in [2.45, 2.75) is 13.5 Å². The van der Waals surface area contributed by atoms with E-state index in [9.17, 15) is 0 Å². The van der Waals surface area contributed by atoms with Crippen molar-refractivity contribution in [2.75, 3.05) is 33.3 Å². The molecule has 5 rings (SSSR count). The van der Waals surface area contributed by atoms with Crippen LogP contribution in [0, 0.1) is 0 Å². The van der Waals surface area contributed by atoms with Crippen LogP contribution in [-0.4, -0.2) is 52.4 Å². The summed E-state index contributed by atoms with van der Waals surface area (Å²) in [5.41, 5.74) is 3.29. The molecule has 3 heterocycles. The van der Waals surface area contributed by atoms with Crippen LogP contribution >= 0.6 is 0 Å². The van der Waals surface area contributed by atoms with Crippen molar-refractivity contribution in [1.29, 1.82) is 0 Å². The van der Waals surface area contributed by atoms with Crippen LogP contribution in [0.25, 0.3) is 28.5 Å². The number of ether oxygens (including phenoxy) is 4. The average Bonchev–Trinajstić information content (AvgIpc) is 3.34. The van der Waals surface area contributed by atoms with E-state index in [1.807, 2.05) is 66.1 Å². The van der Waals surface area contributed by atoms with Crippen LogP contribution in [0.3, 0.4) is 0 Å². The Morgan fingerprint density at radius 3 is 2.24 bits per heavy atom. The minimum absolute atomic E-state index is 0.441. The highest BCUT2D eigenvalue weighted by molar-refractivity contribution is 5.80. The van der Waals surface area contributed by atoms with E-state index in [1.54, 1.807) is 33.6 Å². The van der Waals surface area contributed by atoms with Crippen molar-refractivity contribution in [3.05, 3.63) is 72.4 Å². The van der Waals surface area contributed by atoms with Gasteiger partial charge >= 0.3 is 0 Å². The van der Waals surface area contributed by atoms with Crippen LogP contribution in [0.15, 0.2) is 66.9 Å². The molecule has 0 spiro atoms. The molecule has 0 aliphatic rings. The predicted molar refractivity (Wildman–Crippen MR) is 144 cm³/mol. The van der Waals surface area contributed by atoms with Crippen LogP contribution < -0.4 is 24.3 Å². The summed E-state index contributed by atoms with van der Waals surface area (Å²) < 4.78 is 24.1. The largest absolute Gasteiger partial charge is 0.497 e. The molecule has 38 heavy (non-hydrogen) atoms. The maximum atomic E-state index is 5.70. The van der Waals surface area contributed by atoms with Gasteiger partial charge in [-0.05, 0) is 42.8 Å². The van der Waals surface area contributed by atoms with E-state index in [-0.39, 0.29) is 0 Å². The molecule has 0 unspecified atom stereocenters. The molecule has 10 nitrogen and oxygen atoms in total. The minimum Gasteiger partial charge on any atom is -0.497 e. The molecule has 194 valence electrons. The summed E-state index contributed by atoms with van der Waals surface area (Å²) in [5.74, 6) is 3.60. The molecule has 2 aromatic carbocycles. The van der Waals surface area contributed by atoms with Gasteiger partial charge in [0.05, 0.1) is 34.1 Å². The number of anilines is 1. The Morgan fingerprint density at radius 2 is 1.55 bits per heavy atom. The lowest BCUT2D eigenvalue weighted by atomic mass is 10.2. The number of para-hydroxylation sites is 1. The number of nitrogens with zero attached hydrogens (tertiary/aromatic N) is 5. The fourth-order valence-corrected chi connectivity index (χ4v) is 4.08. The second-order valence-electron chi connectivity index (χ2n) is 8.18. The van der Waals surface area contributed by atoms with Crippen molar-refractivity contribution in [3.8, 4) is 40.3 Å². The maximum Gasteiger partial charge on any atom is 0.213 e. The second kappa shape index (κ2) is 11.0. The van der Waals surface area contributed by atoms with Gasteiger partial charge in [-0.3, -0.25) is 4.57 Å². The minimum atomic E-state index is 0.441. The first-order valence-electron chi connectivity index (χ1n) is 12.1. The molecule has 0 amide bonds. The third-order valence-electron chi connectivity index (χ3n) is 5.87. The summed E-state index contributed by atoms with van der Waals surface area (Å²) in [6, 6.07) is 19.0. The standard InChI is InChI=1S/C28H28N6O4/c1-5-38-24-11-6-8-20(31-24)27-33-26-28(34(27)25-21(36-3)9-7-10-22(25)37-4)30-17-23(32-26)29-16-18-12-14-19(35-2)15-13-18/h6-15,17H,5,16H2,1-4H3,(H,29,32). The summed E-state index contributed by atoms with van der Waals surface area (Å²) >= 11 is 0. The number of hydrogen-bond acceptors (Lipinski definition) is 9. The van der Waals surface area contributed by atoms with Crippen molar-refractivity contribution in [3.63, 3.8) is 0 Å². The quantitative estimate of drug-likeness (QED) is 0.279. The number of benzene rings is 2. The van der Waals surface area contributed by atoms with Gasteiger partial charge in [0.25, 0.3) is 0 Å². The van der Waals surface area contributed by atoms with Crippen molar-refractivity contribution in [2.24, 2.45) is 0 Å². The van der Waals surface area contributed by atoms with Gasteiger partial charge in [0, 0.05) is 12.6 Å². The molecule has 0 fully saturated rings. The Kier molecular flexibility index (Phi) is 7.21. The first-order chi connectivity index (χ1) is 18.6. The van der Waals surface area contributed by atoms with Gasteiger partial charge in [-0.1, -0.05) is 24.3 Å². The Morgan fingerprint density at radius 1 is 0.816 bits per heavy atom. The lowest BCUT2D eigenvalue weighted by molar-refractivity contribution is 0.327. The summed E-state index contributed by atoms with van der Waals surface area (Å²) in [5, 5.41) is 3.32. The van der Waals surface area contributed by atoms with E-state index >= 15 is 0 Å². The third kappa shape index (κ3) is 4.88. The molecule has 0 saturated carbocycles. The van der Waals surface area contributed by atoms with E-state index in [0.29, 0.717) is 64.8 Å². The summed E-state index contributed by atoms with van der Waals surface area (Å²) in [6.45, 7) is 2.98. The van der Waals surface area contributed by atoms with Crippen molar-refractivity contribution >= 4 is 17.1 Å². The molecule has 0 atom stereocenters. The van der Waals surface area contributed by atoms with E-state index in [4.69, 9.17) is 33.9 Å². The molecule has 0 aliphatic heterocycles. The summed E-state index contributed by atoms with van der Waals surface area (Å²) in [6.07, 6.45) is 1.68. The Labute approximate surface area is 220 Å². The molecular weight excluding hydrogens is 484 g/mol. The normalized spacial score (nSPS) is 10.8. The van der Waals surface area contributed by atoms with E-state index in [1.165, 1.54) is 0 Å².